The highest BCUT2D eigenvalue weighted by atomic mass is 19.1. The Morgan fingerprint density at radius 1 is 1.42 bits per heavy atom. The Morgan fingerprint density at radius 2 is 2.25 bits per heavy atom. The fourth-order valence-electron chi connectivity index (χ4n) is 2.98. The Labute approximate surface area is 139 Å². The molecule has 6 nitrogen and oxygen atoms in total. The van der Waals surface area contributed by atoms with Crippen molar-refractivity contribution in [2.24, 2.45) is 0 Å². The van der Waals surface area contributed by atoms with Crippen LogP contribution >= 0.6 is 0 Å². The van der Waals surface area contributed by atoms with Crippen molar-refractivity contribution in [3.63, 3.8) is 0 Å². The van der Waals surface area contributed by atoms with Crippen LogP contribution in [-0.2, 0) is 16.1 Å². The molecule has 7 heteroatoms. The number of hydrogen-bond acceptors (Lipinski definition) is 3. The average Bonchev–Trinajstić information content (AvgIpc) is 3.23. The first-order valence-corrected chi connectivity index (χ1v) is 7.89. The van der Waals surface area contributed by atoms with E-state index in [1.165, 1.54) is 6.07 Å². The lowest BCUT2D eigenvalue weighted by Gasteiger charge is -2.24. The number of aromatic nitrogens is 2. The van der Waals surface area contributed by atoms with Crippen LogP contribution < -0.4 is 5.32 Å². The first-order chi connectivity index (χ1) is 11.6. The van der Waals surface area contributed by atoms with Gasteiger partial charge in [-0.15, -0.1) is 0 Å². The number of nitrogens with one attached hydrogen (secondary N) is 1. The van der Waals surface area contributed by atoms with Gasteiger partial charge in [-0.25, -0.2) is 9.37 Å². The number of nitrogens with zero attached hydrogens (tertiary/aromatic N) is 3. The number of imidazole rings is 1. The molecule has 0 unspecified atom stereocenters. The summed E-state index contributed by atoms with van der Waals surface area (Å²) < 4.78 is 15.9. The number of carbonyl (C=O) groups excluding carboxylic acids is 2. The summed E-state index contributed by atoms with van der Waals surface area (Å²) in [5.41, 5.74) is 0.443. The molecule has 2 heterocycles. The van der Waals surface area contributed by atoms with Crippen molar-refractivity contribution in [2.45, 2.75) is 32.4 Å². The number of carbonyl (C=O) groups is 2. The molecule has 0 radical (unpaired) electrons. The predicted molar refractivity (Wildman–Crippen MR) is 86.7 cm³/mol. The molecule has 2 aromatic rings. The molecule has 126 valence electrons. The first kappa shape index (κ1) is 16.2. The summed E-state index contributed by atoms with van der Waals surface area (Å²) in [4.78, 5) is 30.2. The lowest BCUT2D eigenvalue weighted by atomic mass is 10.2. The van der Waals surface area contributed by atoms with Crippen molar-refractivity contribution >= 4 is 17.5 Å². The lowest BCUT2D eigenvalue weighted by molar-refractivity contribution is -0.143. The largest absolute Gasteiger partial charge is 0.335 e. The molecule has 3 rings (SSSR count). The molecule has 1 aromatic heterocycles. The maximum Gasteiger partial charge on any atom is 0.313 e. The number of hydrogen-bond donors (Lipinski definition) is 1. The highest BCUT2D eigenvalue weighted by Crippen LogP contribution is 2.21. The molecule has 0 bridgehead atoms. The second-order valence-corrected chi connectivity index (χ2v) is 5.94. The molecule has 1 saturated heterocycles. The van der Waals surface area contributed by atoms with E-state index in [1.807, 2.05) is 10.8 Å². The minimum atomic E-state index is -0.808. The maximum atomic E-state index is 14.0. The zero-order chi connectivity index (χ0) is 17.1. The van der Waals surface area contributed by atoms with E-state index in [9.17, 15) is 14.0 Å². The molecule has 1 aromatic carbocycles. The first-order valence-electron chi connectivity index (χ1n) is 7.89. The molecule has 24 heavy (non-hydrogen) atoms. The molecule has 1 aliphatic heterocycles. The summed E-state index contributed by atoms with van der Waals surface area (Å²) >= 11 is 0. The van der Waals surface area contributed by atoms with Gasteiger partial charge in [-0.05, 0) is 31.4 Å². The van der Waals surface area contributed by atoms with Crippen molar-refractivity contribution in [2.75, 3.05) is 11.9 Å². The minimum absolute atomic E-state index is 0.0266. The quantitative estimate of drug-likeness (QED) is 0.875. The molecular formula is C17H19FN4O2. The van der Waals surface area contributed by atoms with Gasteiger partial charge in [0.25, 0.3) is 0 Å². The van der Waals surface area contributed by atoms with Gasteiger partial charge in [0.1, 0.15) is 5.82 Å². The number of benzene rings is 1. The van der Waals surface area contributed by atoms with Gasteiger partial charge in [-0.3, -0.25) is 9.59 Å². The van der Waals surface area contributed by atoms with Crippen LogP contribution in [0.25, 0.3) is 0 Å². The number of halogens is 1. The van der Waals surface area contributed by atoms with Crippen molar-refractivity contribution in [1.82, 2.24) is 14.5 Å². The monoisotopic (exact) mass is 330 g/mol. The van der Waals surface area contributed by atoms with E-state index in [1.54, 1.807) is 36.5 Å². The minimum Gasteiger partial charge on any atom is -0.335 e. The number of likely N-dealkylation sites (tertiary alicyclic amines) is 1. The Balaban J connectivity index is 1.68. The predicted octanol–water partition coefficient (Wildman–Crippen LogP) is 1.96. The van der Waals surface area contributed by atoms with Gasteiger partial charge < -0.3 is 14.8 Å². The third kappa shape index (κ3) is 3.29. The highest BCUT2D eigenvalue weighted by molar-refractivity contribution is 6.39. The molecular weight excluding hydrogens is 311 g/mol. The average molecular weight is 330 g/mol. The lowest BCUT2D eigenvalue weighted by Crippen LogP contribution is -2.44. The van der Waals surface area contributed by atoms with Crippen LogP contribution in [0.15, 0.2) is 36.9 Å². The van der Waals surface area contributed by atoms with Crippen LogP contribution in [0.3, 0.4) is 0 Å². The van der Waals surface area contributed by atoms with Crippen LogP contribution in [0, 0.1) is 12.7 Å². The van der Waals surface area contributed by atoms with Gasteiger partial charge in [0.15, 0.2) is 0 Å². The Hall–Kier alpha value is -2.70. The molecule has 1 atom stereocenters. The molecule has 1 fully saturated rings. The summed E-state index contributed by atoms with van der Waals surface area (Å²) in [5, 5.41) is 2.38. The molecule has 1 N–H and O–H groups in total. The third-order valence-corrected chi connectivity index (χ3v) is 4.25. The Morgan fingerprint density at radius 3 is 3.00 bits per heavy atom. The van der Waals surface area contributed by atoms with Crippen molar-refractivity contribution < 1.29 is 14.0 Å². The smallest absolute Gasteiger partial charge is 0.313 e. The molecule has 1 aliphatic rings. The van der Waals surface area contributed by atoms with Crippen LogP contribution in [0.4, 0.5) is 10.1 Å². The van der Waals surface area contributed by atoms with Gasteiger partial charge in [0, 0.05) is 25.5 Å². The van der Waals surface area contributed by atoms with E-state index in [-0.39, 0.29) is 11.7 Å². The van der Waals surface area contributed by atoms with Gasteiger partial charge in [-0.2, -0.15) is 0 Å². The van der Waals surface area contributed by atoms with Crippen LogP contribution in [0.5, 0.6) is 0 Å². The van der Waals surface area contributed by atoms with Crippen molar-refractivity contribution in [3.05, 3.63) is 48.3 Å². The SMILES string of the molecule is Cc1cccc(NC(=O)C(=O)N2CCC[C@H]2Cn2ccnc2)c1F. The summed E-state index contributed by atoms with van der Waals surface area (Å²) in [7, 11) is 0. The van der Waals surface area contributed by atoms with Crippen molar-refractivity contribution in [3.8, 4) is 0 Å². The highest BCUT2D eigenvalue weighted by Gasteiger charge is 2.32. The molecule has 0 aliphatic carbocycles. The van der Waals surface area contributed by atoms with E-state index in [0.717, 1.165) is 12.8 Å². The van der Waals surface area contributed by atoms with Gasteiger partial charge in [0.05, 0.1) is 18.1 Å². The number of rotatable bonds is 3. The maximum absolute atomic E-state index is 14.0. The number of anilines is 1. The third-order valence-electron chi connectivity index (χ3n) is 4.25. The molecule has 2 amide bonds. The fourth-order valence-corrected chi connectivity index (χ4v) is 2.98. The number of amides is 2. The Kier molecular flexibility index (Phi) is 4.59. The van der Waals surface area contributed by atoms with Gasteiger partial charge >= 0.3 is 11.8 Å². The second-order valence-electron chi connectivity index (χ2n) is 5.94. The van der Waals surface area contributed by atoms with E-state index >= 15 is 0 Å². The fraction of sp³-hybridized carbons (Fsp3) is 0.353. The van der Waals surface area contributed by atoms with Crippen LogP contribution in [-0.4, -0.2) is 38.9 Å². The summed E-state index contributed by atoms with van der Waals surface area (Å²) in [6, 6.07) is 4.63. The molecule has 0 saturated carbocycles. The zero-order valence-corrected chi connectivity index (χ0v) is 13.4. The standard InChI is InChI=1S/C17H19FN4O2/c1-12-4-2-6-14(15(12)18)20-16(23)17(24)22-8-3-5-13(22)10-21-9-7-19-11-21/h2,4,6-7,9,11,13H,3,5,8,10H2,1H3,(H,20,23)/t13-/m0/s1. The van der Waals surface area contributed by atoms with Gasteiger partial charge in [0.2, 0.25) is 0 Å². The van der Waals surface area contributed by atoms with E-state index in [4.69, 9.17) is 0 Å². The van der Waals surface area contributed by atoms with Crippen LogP contribution in [0.1, 0.15) is 18.4 Å². The van der Waals surface area contributed by atoms with Gasteiger partial charge in [-0.1, -0.05) is 12.1 Å². The van der Waals surface area contributed by atoms with Crippen molar-refractivity contribution in [1.29, 1.82) is 0 Å². The second kappa shape index (κ2) is 6.82. The summed E-state index contributed by atoms with van der Waals surface area (Å²) in [6.45, 7) is 2.73. The Bertz CT molecular complexity index is 745. The van der Waals surface area contributed by atoms with Crippen LogP contribution in [0.2, 0.25) is 0 Å². The zero-order valence-electron chi connectivity index (χ0n) is 13.4. The normalized spacial score (nSPS) is 17.1. The van der Waals surface area contributed by atoms with E-state index in [0.29, 0.717) is 18.7 Å². The summed E-state index contributed by atoms with van der Waals surface area (Å²) in [6.07, 6.45) is 6.86. The topological polar surface area (TPSA) is 67.2 Å². The van der Waals surface area contributed by atoms with E-state index in [2.05, 4.69) is 10.3 Å². The van der Waals surface area contributed by atoms with E-state index < -0.39 is 17.6 Å². The molecule has 0 spiro atoms. The summed E-state index contributed by atoms with van der Waals surface area (Å²) in [5.74, 6) is -1.95. The number of aryl methyl sites for hydroxylation is 1.